The number of rotatable bonds is 5. The molecular weight excluding hydrogens is 246 g/mol. The van der Waals surface area contributed by atoms with Gasteiger partial charge >= 0.3 is 0 Å². The summed E-state index contributed by atoms with van der Waals surface area (Å²) >= 11 is 0. The van der Waals surface area contributed by atoms with Crippen LogP contribution in [0.5, 0.6) is 11.5 Å². The van der Waals surface area contributed by atoms with Crippen LogP contribution in [0.3, 0.4) is 0 Å². The van der Waals surface area contributed by atoms with Gasteiger partial charge < -0.3 is 14.0 Å². The van der Waals surface area contributed by atoms with E-state index in [1.165, 1.54) is 0 Å². The molecule has 0 aliphatic heterocycles. The zero-order valence-corrected chi connectivity index (χ0v) is 11.1. The van der Waals surface area contributed by atoms with E-state index in [0.717, 1.165) is 12.1 Å². The van der Waals surface area contributed by atoms with Gasteiger partial charge in [0.15, 0.2) is 17.3 Å². The maximum atomic E-state index is 10.8. The molecule has 0 aliphatic rings. The molecular formula is C13H15N3O3. The summed E-state index contributed by atoms with van der Waals surface area (Å²) in [7, 11) is 3.42. The number of methoxy groups -OCH3 is 1. The molecule has 0 atom stereocenters. The van der Waals surface area contributed by atoms with Crippen molar-refractivity contribution in [2.24, 2.45) is 7.05 Å². The summed E-state index contributed by atoms with van der Waals surface area (Å²) in [6.45, 7) is 2.13. The Balaban J connectivity index is 2.18. The van der Waals surface area contributed by atoms with Crippen LogP contribution in [0.4, 0.5) is 0 Å². The van der Waals surface area contributed by atoms with E-state index in [1.54, 1.807) is 25.3 Å². The van der Waals surface area contributed by atoms with Gasteiger partial charge in [0.2, 0.25) is 0 Å². The van der Waals surface area contributed by atoms with Gasteiger partial charge in [0, 0.05) is 12.6 Å². The van der Waals surface area contributed by atoms with Gasteiger partial charge in [-0.3, -0.25) is 4.79 Å². The van der Waals surface area contributed by atoms with Crippen LogP contribution in [-0.2, 0) is 13.7 Å². The number of nitrogens with zero attached hydrogens (tertiary/aromatic N) is 3. The fourth-order valence-electron chi connectivity index (χ4n) is 1.60. The zero-order valence-electron chi connectivity index (χ0n) is 11.1. The standard InChI is InChI=1S/C13H15N3O3/c1-9-14-15-13(16(9)2)8-19-12-6-10(7-17)4-5-11(12)18-3/h4-7H,8H2,1-3H3. The van der Waals surface area contributed by atoms with Gasteiger partial charge in [0.25, 0.3) is 0 Å². The Bertz CT molecular complexity index is 593. The molecule has 0 radical (unpaired) electrons. The first-order valence-corrected chi connectivity index (χ1v) is 5.76. The van der Waals surface area contributed by atoms with Crippen LogP contribution in [0.15, 0.2) is 18.2 Å². The fourth-order valence-corrected chi connectivity index (χ4v) is 1.60. The average Bonchev–Trinajstić information content (AvgIpc) is 2.76. The molecule has 1 aromatic heterocycles. The number of hydrogen-bond donors (Lipinski definition) is 0. The quantitative estimate of drug-likeness (QED) is 0.763. The molecule has 0 saturated carbocycles. The first-order valence-electron chi connectivity index (χ1n) is 5.76. The second-order valence-electron chi connectivity index (χ2n) is 4.04. The van der Waals surface area contributed by atoms with E-state index < -0.39 is 0 Å². The number of aldehydes is 1. The van der Waals surface area contributed by atoms with E-state index in [2.05, 4.69) is 10.2 Å². The van der Waals surface area contributed by atoms with Gasteiger partial charge in [-0.15, -0.1) is 10.2 Å². The highest BCUT2D eigenvalue weighted by atomic mass is 16.5. The second kappa shape index (κ2) is 5.51. The molecule has 1 heterocycles. The number of ether oxygens (including phenoxy) is 2. The van der Waals surface area contributed by atoms with Gasteiger partial charge in [0.05, 0.1) is 7.11 Å². The third-order valence-electron chi connectivity index (χ3n) is 2.86. The summed E-state index contributed by atoms with van der Waals surface area (Å²) in [5.41, 5.74) is 0.532. The Kier molecular flexibility index (Phi) is 3.79. The third kappa shape index (κ3) is 2.73. The minimum Gasteiger partial charge on any atom is -0.493 e. The molecule has 2 rings (SSSR count). The number of aryl methyl sites for hydroxylation is 1. The molecule has 0 N–H and O–H groups in total. The molecule has 0 unspecified atom stereocenters. The summed E-state index contributed by atoms with van der Waals surface area (Å²) in [6.07, 6.45) is 0.763. The lowest BCUT2D eigenvalue weighted by atomic mass is 10.2. The summed E-state index contributed by atoms with van der Waals surface area (Å²) in [5, 5.41) is 7.96. The van der Waals surface area contributed by atoms with Crippen molar-refractivity contribution in [2.45, 2.75) is 13.5 Å². The van der Waals surface area contributed by atoms with Crippen LogP contribution < -0.4 is 9.47 Å². The molecule has 0 aliphatic carbocycles. The largest absolute Gasteiger partial charge is 0.493 e. The van der Waals surface area contributed by atoms with Crippen LogP contribution >= 0.6 is 0 Å². The lowest BCUT2D eigenvalue weighted by Gasteiger charge is -2.10. The van der Waals surface area contributed by atoms with E-state index in [4.69, 9.17) is 9.47 Å². The Hall–Kier alpha value is -2.37. The molecule has 6 heteroatoms. The summed E-state index contributed by atoms with van der Waals surface area (Å²) in [6, 6.07) is 5.00. The molecule has 6 nitrogen and oxygen atoms in total. The molecule has 1 aromatic carbocycles. The van der Waals surface area contributed by atoms with Crippen LogP contribution in [0.25, 0.3) is 0 Å². The normalized spacial score (nSPS) is 10.3. The van der Waals surface area contributed by atoms with Gasteiger partial charge in [-0.25, -0.2) is 0 Å². The Morgan fingerprint density at radius 2 is 2.11 bits per heavy atom. The number of benzene rings is 1. The highest BCUT2D eigenvalue weighted by molar-refractivity contribution is 5.76. The molecule has 0 amide bonds. The average molecular weight is 261 g/mol. The fraction of sp³-hybridized carbons (Fsp3) is 0.308. The highest BCUT2D eigenvalue weighted by Gasteiger charge is 2.09. The first kappa shape index (κ1) is 13.1. The SMILES string of the molecule is COc1ccc(C=O)cc1OCc1nnc(C)n1C. The molecule has 2 aromatic rings. The number of carbonyl (C=O) groups excluding carboxylic acids is 1. The number of aromatic nitrogens is 3. The zero-order chi connectivity index (χ0) is 13.8. The molecule has 100 valence electrons. The first-order chi connectivity index (χ1) is 9.15. The van der Waals surface area contributed by atoms with Crippen molar-refractivity contribution in [2.75, 3.05) is 7.11 Å². The van der Waals surface area contributed by atoms with Crippen LogP contribution in [0.1, 0.15) is 22.0 Å². The predicted octanol–water partition coefficient (Wildman–Crippen LogP) is 1.52. The number of hydrogen-bond acceptors (Lipinski definition) is 5. The summed E-state index contributed by atoms with van der Waals surface area (Å²) in [5.74, 6) is 2.60. The van der Waals surface area contributed by atoms with Crippen molar-refractivity contribution < 1.29 is 14.3 Å². The highest BCUT2D eigenvalue weighted by Crippen LogP contribution is 2.28. The molecule has 0 spiro atoms. The van der Waals surface area contributed by atoms with Crippen LogP contribution in [0, 0.1) is 6.92 Å². The lowest BCUT2D eigenvalue weighted by Crippen LogP contribution is -2.05. The molecule has 0 fully saturated rings. The second-order valence-corrected chi connectivity index (χ2v) is 4.04. The monoisotopic (exact) mass is 261 g/mol. The maximum Gasteiger partial charge on any atom is 0.170 e. The Labute approximate surface area is 111 Å². The lowest BCUT2D eigenvalue weighted by molar-refractivity contribution is 0.112. The van der Waals surface area contributed by atoms with Gasteiger partial charge in [-0.2, -0.15) is 0 Å². The minimum absolute atomic E-state index is 0.260. The maximum absolute atomic E-state index is 10.8. The minimum atomic E-state index is 0.260. The van der Waals surface area contributed by atoms with E-state index in [-0.39, 0.29) is 6.61 Å². The van der Waals surface area contributed by atoms with Gasteiger partial charge in [-0.1, -0.05) is 0 Å². The van der Waals surface area contributed by atoms with Crippen molar-refractivity contribution in [1.29, 1.82) is 0 Å². The smallest absolute Gasteiger partial charge is 0.170 e. The van der Waals surface area contributed by atoms with Gasteiger partial charge in [0.1, 0.15) is 18.7 Å². The Morgan fingerprint density at radius 1 is 1.32 bits per heavy atom. The van der Waals surface area contributed by atoms with E-state index in [1.807, 2.05) is 18.5 Å². The van der Waals surface area contributed by atoms with Gasteiger partial charge in [-0.05, 0) is 25.1 Å². The summed E-state index contributed by atoms with van der Waals surface area (Å²) in [4.78, 5) is 10.8. The Morgan fingerprint density at radius 3 is 2.68 bits per heavy atom. The third-order valence-corrected chi connectivity index (χ3v) is 2.86. The van der Waals surface area contributed by atoms with Crippen molar-refractivity contribution in [3.8, 4) is 11.5 Å². The predicted molar refractivity (Wildman–Crippen MR) is 68.5 cm³/mol. The topological polar surface area (TPSA) is 66.2 Å². The van der Waals surface area contributed by atoms with E-state index >= 15 is 0 Å². The summed E-state index contributed by atoms with van der Waals surface area (Å²) < 4.78 is 12.7. The van der Waals surface area contributed by atoms with Crippen LogP contribution in [-0.4, -0.2) is 28.2 Å². The van der Waals surface area contributed by atoms with Crippen LogP contribution in [0.2, 0.25) is 0 Å². The van der Waals surface area contributed by atoms with E-state index in [9.17, 15) is 4.79 Å². The van der Waals surface area contributed by atoms with Crippen molar-refractivity contribution in [3.63, 3.8) is 0 Å². The number of carbonyl (C=O) groups is 1. The van der Waals surface area contributed by atoms with E-state index in [0.29, 0.717) is 22.9 Å². The molecule has 0 saturated heterocycles. The molecule has 0 bridgehead atoms. The van der Waals surface area contributed by atoms with Crippen molar-refractivity contribution in [3.05, 3.63) is 35.4 Å². The molecule has 19 heavy (non-hydrogen) atoms. The van der Waals surface area contributed by atoms with Crippen molar-refractivity contribution >= 4 is 6.29 Å². The van der Waals surface area contributed by atoms with Crippen molar-refractivity contribution in [1.82, 2.24) is 14.8 Å².